The van der Waals surface area contributed by atoms with Gasteiger partial charge in [0.2, 0.25) is 0 Å². The second kappa shape index (κ2) is 9.60. The molecule has 0 bridgehead atoms. The molecular weight excluding hydrogens is 460 g/mol. The molecule has 0 saturated carbocycles. The number of nitrogens with one attached hydrogen (secondary N) is 3. The van der Waals surface area contributed by atoms with Gasteiger partial charge in [-0.25, -0.2) is 0 Å². The first-order valence-corrected chi connectivity index (χ1v) is 11.7. The Kier molecular flexibility index (Phi) is 6.20. The molecule has 8 heteroatoms. The van der Waals surface area contributed by atoms with Crippen LogP contribution in [0.1, 0.15) is 21.5 Å². The van der Waals surface area contributed by atoms with E-state index in [4.69, 9.17) is 17.0 Å². The van der Waals surface area contributed by atoms with Crippen molar-refractivity contribution in [1.82, 2.24) is 19.9 Å². The molecule has 2 heterocycles. The lowest BCUT2D eigenvalue weighted by Gasteiger charge is -2.11. The number of ether oxygens (including phenoxy) is 1. The van der Waals surface area contributed by atoms with E-state index in [9.17, 15) is 9.59 Å². The van der Waals surface area contributed by atoms with Crippen LogP contribution in [0.3, 0.4) is 0 Å². The third-order valence-electron chi connectivity index (χ3n) is 6.16. The van der Waals surface area contributed by atoms with E-state index >= 15 is 0 Å². The van der Waals surface area contributed by atoms with Gasteiger partial charge in [0.1, 0.15) is 5.75 Å². The molecule has 35 heavy (non-hydrogen) atoms. The van der Waals surface area contributed by atoms with Crippen molar-refractivity contribution < 1.29 is 9.53 Å². The Balaban J connectivity index is 1.36. The highest BCUT2D eigenvalue weighted by atomic mass is 32.1. The maximum Gasteiger partial charge on any atom is 0.262 e. The lowest BCUT2D eigenvalue weighted by atomic mass is 10.1. The maximum atomic E-state index is 13.2. The number of aromatic nitrogens is 3. The van der Waals surface area contributed by atoms with Gasteiger partial charge in [-0.1, -0.05) is 36.4 Å². The van der Waals surface area contributed by atoms with Crippen molar-refractivity contribution >= 4 is 39.9 Å². The van der Waals surface area contributed by atoms with E-state index in [-0.39, 0.29) is 11.5 Å². The minimum Gasteiger partial charge on any atom is -0.496 e. The summed E-state index contributed by atoms with van der Waals surface area (Å²) in [5, 5.41) is 4.52. The van der Waals surface area contributed by atoms with Crippen LogP contribution in [-0.2, 0) is 19.5 Å². The van der Waals surface area contributed by atoms with Crippen LogP contribution in [0, 0.1) is 4.77 Å². The molecule has 0 saturated heterocycles. The van der Waals surface area contributed by atoms with Crippen molar-refractivity contribution in [1.29, 1.82) is 0 Å². The lowest BCUT2D eigenvalue weighted by molar-refractivity contribution is 0.0951. The zero-order chi connectivity index (χ0) is 24.4. The van der Waals surface area contributed by atoms with Gasteiger partial charge in [-0.05, 0) is 54.5 Å². The fourth-order valence-electron chi connectivity index (χ4n) is 4.30. The predicted molar refractivity (Wildman–Crippen MR) is 140 cm³/mol. The molecule has 0 aliphatic rings. The summed E-state index contributed by atoms with van der Waals surface area (Å²) in [6.07, 6.45) is 2.63. The van der Waals surface area contributed by atoms with Crippen LogP contribution in [0.5, 0.6) is 5.75 Å². The summed E-state index contributed by atoms with van der Waals surface area (Å²) >= 11 is 5.49. The number of aryl methyl sites for hydroxylation is 1. The second-order valence-electron chi connectivity index (χ2n) is 8.25. The first-order chi connectivity index (χ1) is 17.0. The van der Waals surface area contributed by atoms with Crippen molar-refractivity contribution in [3.8, 4) is 5.75 Å². The van der Waals surface area contributed by atoms with Crippen LogP contribution in [0.25, 0.3) is 21.8 Å². The molecule has 0 spiro atoms. The van der Waals surface area contributed by atoms with Crippen LogP contribution in [0.4, 0.5) is 0 Å². The zero-order valence-corrected chi connectivity index (χ0v) is 19.9. The SMILES string of the molecule is COc1ccccc1CNC(=O)c1ccc2c(=O)n(CCc3c[nH]c4ccccc34)c(=S)[nH]c2c1. The van der Waals surface area contributed by atoms with E-state index in [0.29, 0.717) is 46.5 Å². The molecule has 5 aromatic rings. The number of H-pyrrole nitrogens is 2. The monoisotopic (exact) mass is 484 g/mol. The Morgan fingerprint density at radius 3 is 2.66 bits per heavy atom. The number of amides is 1. The number of fused-ring (bicyclic) bond motifs is 2. The highest BCUT2D eigenvalue weighted by molar-refractivity contribution is 7.71. The minimum absolute atomic E-state index is 0.176. The molecule has 0 radical (unpaired) electrons. The molecule has 3 N–H and O–H groups in total. The van der Waals surface area contributed by atoms with Crippen molar-refractivity contribution in [3.63, 3.8) is 0 Å². The normalized spacial score (nSPS) is 11.1. The average Bonchev–Trinajstić information content (AvgIpc) is 3.30. The van der Waals surface area contributed by atoms with Crippen LogP contribution >= 0.6 is 12.2 Å². The van der Waals surface area contributed by atoms with Crippen LogP contribution in [-0.4, -0.2) is 27.6 Å². The van der Waals surface area contributed by atoms with Gasteiger partial charge in [0.05, 0.1) is 18.0 Å². The second-order valence-corrected chi connectivity index (χ2v) is 8.64. The van der Waals surface area contributed by atoms with Gasteiger partial charge < -0.3 is 20.0 Å². The number of carbonyl (C=O) groups is 1. The van der Waals surface area contributed by atoms with Crippen molar-refractivity contribution in [3.05, 3.63) is 105 Å². The van der Waals surface area contributed by atoms with E-state index in [1.165, 1.54) is 0 Å². The summed E-state index contributed by atoms with van der Waals surface area (Å²) in [5.74, 6) is 0.462. The summed E-state index contributed by atoms with van der Waals surface area (Å²) < 4.78 is 7.23. The van der Waals surface area contributed by atoms with Crippen LogP contribution in [0.2, 0.25) is 0 Å². The Morgan fingerprint density at radius 2 is 1.80 bits per heavy atom. The molecule has 0 fully saturated rings. The number of rotatable bonds is 7. The molecule has 0 atom stereocenters. The number of aromatic amines is 2. The molecule has 0 aliphatic carbocycles. The molecule has 5 rings (SSSR count). The van der Waals surface area contributed by atoms with Crippen molar-refractivity contribution in [2.75, 3.05) is 7.11 Å². The van der Waals surface area contributed by atoms with Gasteiger partial charge in [-0.2, -0.15) is 0 Å². The summed E-state index contributed by atoms with van der Waals surface area (Å²) in [7, 11) is 1.60. The lowest BCUT2D eigenvalue weighted by Crippen LogP contribution is -2.25. The molecule has 7 nitrogen and oxygen atoms in total. The molecule has 0 unspecified atom stereocenters. The quantitative estimate of drug-likeness (QED) is 0.292. The number of hydrogen-bond acceptors (Lipinski definition) is 4. The average molecular weight is 485 g/mol. The Hall–Kier alpha value is -4.17. The van der Waals surface area contributed by atoms with Crippen molar-refractivity contribution in [2.45, 2.75) is 19.5 Å². The first-order valence-electron chi connectivity index (χ1n) is 11.3. The largest absolute Gasteiger partial charge is 0.496 e. The predicted octanol–water partition coefficient (Wildman–Crippen LogP) is 4.72. The van der Waals surface area contributed by atoms with Gasteiger partial charge >= 0.3 is 0 Å². The van der Waals surface area contributed by atoms with Gasteiger partial charge in [0.15, 0.2) is 4.77 Å². The third kappa shape index (κ3) is 4.48. The molecule has 1 amide bonds. The standard InChI is InChI=1S/C27H24N4O3S/c1-34-24-9-5-2-6-19(24)16-29-25(32)17-10-11-21-23(14-17)30-27(35)31(26(21)33)13-12-18-15-28-22-8-4-3-7-20(18)22/h2-11,14-15,28H,12-13,16H2,1H3,(H,29,32)(H,30,35). The summed E-state index contributed by atoms with van der Waals surface area (Å²) in [4.78, 5) is 32.3. The van der Waals surface area contributed by atoms with E-state index < -0.39 is 0 Å². The molecule has 3 aromatic carbocycles. The number of carbonyl (C=O) groups excluding carboxylic acids is 1. The molecular formula is C27H24N4O3S. The maximum absolute atomic E-state index is 13.2. The smallest absolute Gasteiger partial charge is 0.262 e. The van der Waals surface area contributed by atoms with E-state index in [1.807, 2.05) is 48.7 Å². The summed E-state index contributed by atoms with van der Waals surface area (Å²) in [6, 6.07) is 20.6. The molecule has 2 aromatic heterocycles. The van der Waals surface area contributed by atoms with Gasteiger partial charge in [-0.15, -0.1) is 0 Å². The highest BCUT2D eigenvalue weighted by Gasteiger charge is 2.12. The minimum atomic E-state index is -0.249. The number of methoxy groups -OCH3 is 1. The van der Waals surface area contributed by atoms with E-state index in [1.54, 1.807) is 29.9 Å². The topological polar surface area (TPSA) is 91.9 Å². The van der Waals surface area contributed by atoms with Gasteiger partial charge in [0, 0.05) is 41.3 Å². The van der Waals surface area contributed by atoms with Crippen LogP contribution < -0.4 is 15.6 Å². The Labute approximate surface area is 206 Å². The Bertz CT molecular complexity index is 1660. The number of hydrogen-bond donors (Lipinski definition) is 3. The highest BCUT2D eigenvalue weighted by Crippen LogP contribution is 2.19. The first kappa shape index (κ1) is 22.6. The third-order valence-corrected chi connectivity index (χ3v) is 6.48. The van der Waals surface area contributed by atoms with Crippen LogP contribution in [0.15, 0.2) is 77.7 Å². The van der Waals surface area contributed by atoms with E-state index in [0.717, 1.165) is 22.0 Å². The van der Waals surface area contributed by atoms with Crippen molar-refractivity contribution in [2.24, 2.45) is 0 Å². The van der Waals surface area contributed by atoms with Gasteiger partial charge in [0.25, 0.3) is 11.5 Å². The van der Waals surface area contributed by atoms with Gasteiger partial charge in [-0.3, -0.25) is 14.2 Å². The summed E-state index contributed by atoms with van der Waals surface area (Å²) in [5.41, 5.74) is 3.87. The Morgan fingerprint density at radius 1 is 1.00 bits per heavy atom. The molecule has 0 aliphatic heterocycles. The fourth-order valence-corrected chi connectivity index (χ4v) is 4.58. The molecule has 176 valence electrons. The number of benzene rings is 3. The number of nitrogens with zero attached hydrogens (tertiary/aromatic N) is 1. The fraction of sp³-hybridized carbons (Fsp3) is 0.148. The summed E-state index contributed by atoms with van der Waals surface area (Å²) in [6.45, 7) is 0.777. The number of para-hydroxylation sites is 2. The van der Waals surface area contributed by atoms with E-state index in [2.05, 4.69) is 21.4 Å². The zero-order valence-electron chi connectivity index (χ0n) is 19.1.